The average Bonchev–Trinajstić information content (AvgIpc) is 2.81. The van der Waals surface area contributed by atoms with Crippen LogP contribution in [0.25, 0.3) is 0 Å². The minimum absolute atomic E-state index is 0.0141. The first-order chi connectivity index (χ1) is 12.6. The highest BCUT2D eigenvalue weighted by atomic mass is 35.5. The molecule has 2 aromatic carbocycles. The Morgan fingerprint density at radius 3 is 2.33 bits per heavy atom. The molecule has 0 aromatic heterocycles. The zero-order valence-corrected chi connectivity index (χ0v) is 16.7. The van der Waals surface area contributed by atoms with E-state index in [4.69, 9.17) is 11.6 Å². The molecule has 3 rings (SSSR count). The van der Waals surface area contributed by atoms with Gasteiger partial charge in [0.2, 0.25) is 26.0 Å². The van der Waals surface area contributed by atoms with Gasteiger partial charge in [0, 0.05) is 11.6 Å². The number of benzene rings is 2. The summed E-state index contributed by atoms with van der Waals surface area (Å²) in [7, 11) is -7.56. The molecule has 1 atom stereocenters. The normalized spacial score (nSPS) is 19.4. The first kappa shape index (κ1) is 19.8. The molecule has 0 spiro atoms. The van der Waals surface area contributed by atoms with Crippen LogP contribution in [0.2, 0.25) is 5.02 Å². The van der Waals surface area contributed by atoms with Crippen LogP contribution in [0, 0.1) is 5.92 Å². The van der Waals surface area contributed by atoms with Gasteiger partial charge in [-0.15, -0.1) is 0 Å². The molecule has 1 N–H and O–H groups in total. The number of halogens is 1. The van der Waals surface area contributed by atoms with Gasteiger partial charge in [0.1, 0.15) is 0 Å². The number of carbonyl (C=O) groups is 1. The molecule has 1 aliphatic rings. The molecule has 144 valence electrons. The number of nitrogens with one attached hydrogen (secondary N) is 1. The van der Waals surface area contributed by atoms with Crippen molar-refractivity contribution in [2.75, 3.05) is 10.1 Å². The van der Waals surface area contributed by atoms with Crippen molar-refractivity contribution in [1.82, 2.24) is 4.72 Å². The third-order valence-corrected chi connectivity index (χ3v) is 7.81. The topological polar surface area (TPSA) is 101 Å². The van der Waals surface area contributed by atoms with Gasteiger partial charge in [0.05, 0.1) is 22.3 Å². The lowest BCUT2D eigenvalue weighted by Crippen LogP contribution is -2.30. The summed E-state index contributed by atoms with van der Waals surface area (Å²) in [5, 5.41) is 0.447. The fourth-order valence-electron chi connectivity index (χ4n) is 2.75. The van der Waals surface area contributed by atoms with Crippen LogP contribution >= 0.6 is 11.6 Å². The van der Waals surface area contributed by atoms with Crippen LogP contribution in [0.5, 0.6) is 0 Å². The predicted molar refractivity (Wildman–Crippen MR) is 102 cm³/mol. The van der Waals surface area contributed by atoms with E-state index in [2.05, 4.69) is 4.72 Å². The van der Waals surface area contributed by atoms with Crippen molar-refractivity contribution >= 4 is 43.2 Å². The molecule has 0 radical (unpaired) electrons. The Balaban J connectivity index is 1.80. The maximum Gasteiger partial charge on any atom is 0.244 e. The van der Waals surface area contributed by atoms with E-state index in [1.54, 1.807) is 24.3 Å². The Morgan fingerprint density at radius 2 is 1.78 bits per heavy atom. The summed E-state index contributed by atoms with van der Waals surface area (Å²) in [5.74, 6) is -1.41. The number of sulfonamides is 2. The van der Waals surface area contributed by atoms with Crippen molar-refractivity contribution in [3.8, 4) is 0 Å². The molecule has 10 heteroatoms. The smallest absolute Gasteiger partial charge is 0.244 e. The molecule has 0 aliphatic carbocycles. The Kier molecular flexibility index (Phi) is 5.31. The van der Waals surface area contributed by atoms with Gasteiger partial charge < -0.3 is 0 Å². The van der Waals surface area contributed by atoms with E-state index >= 15 is 0 Å². The Morgan fingerprint density at radius 1 is 1.15 bits per heavy atom. The molecule has 2 aromatic rings. The number of nitrogens with zero attached hydrogens (tertiary/aromatic N) is 1. The van der Waals surface area contributed by atoms with Gasteiger partial charge in [-0.2, -0.15) is 0 Å². The molecule has 1 heterocycles. The van der Waals surface area contributed by atoms with Crippen LogP contribution in [0.4, 0.5) is 5.69 Å². The first-order valence-corrected chi connectivity index (χ1v) is 11.5. The predicted octanol–water partition coefficient (Wildman–Crippen LogP) is 2.13. The third-order valence-electron chi connectivity index (χ3n) is 4.15. The van der Waals surface area contributed by atoms with Crippen LogP contribution in [-0.2, 0) is 31.4 Å². The molecule has 7 nitrogen and oxygen atoms in total. The van der Waals surface area contributed by atoms with E-state index in [0.717, 1.165) is 4.31 Å². The van der Waals surface area contributed by atoms with E-state index in [1.807, 2.05) is 0 Å². The highest BCUT2D eigenvalue weighted by molar-refractivity contribution is 7.94. The Labute approximate surface area is 163 Å². The molecule has 0 saturated carbocycles. The van der Waals surface area contributed by atoms with Gasteiger partial charge in [-0.1, -0.05) is 36.7 Å². The van der Waals surface area contributed by atoms with E-state index in [-0.39, 0.29) is 22.9 Å². The van der Waals surface area contributed by atoms with E-state index < -0.39 is 31.9 Å². The van der Waals surface area contributed by atoms with Gasteiger partial charge in [0.15, 0.2) is 0 Å². The number of hydrogen-bond donors (Lipinski definition) is 1. The van der Waals surface area contributed by atoms with E-state index in [1.165, 1.54) is 31.2 Å². The lowest BCUT2D eigenvalue weighted by Gasteiger charge is -2.16. The summed E-state index contributed by atoms with van der Waals surface area (Å²) in [6.45, 7) is 1.55. The Bertz CT molecular complexity index is 1080. The summed E-state index contributed by atoms with van der Waals surface area (Å²) < 4.78 is 52.3. The van der Waals surface area contributed by atoms with Gasteiger partial charge in [-0.05, 0) is 35.9 Å². The molecular weight excluding hydrogens is 412 g/mol. The van der Waals surface area contributed by atoms with Crippen LogP contribution in [0.15, 0.2) is 53.4 Å². The molecule has 1 saturated heterocycles. The fourth-order valence-corrected chi connectivity index (χ4v) is 5.78. The second-order valence-electron chi connectivity index (χ2n) is 6.19. The molecule has 27 heavy (non-hydrogen) atoms. The zero-order chi connectivity index (χ0) is 19.8. The van der Waals surface area contributed by atoms with Crippen molar-refractivity contribution in [2.24, 2.45) is 5.92 Å². The monoisotopic (exact) mass is 428 g/mol. The average molecular weight is 429 g/mol. The SMILES string of the molecule is C[C@@H]1CS(=O)(=O)N(c2ccc(S(=O)(=O)NCc3ccccc3Cl)cc2)C1=O. The lowest BCUT2D eigenvalue weighted by molar-refractivity contribution is -0.119. The van der Waals surface area contributed by atoms with Crippen LogP contribution in [0.1, 0.15) is 12.5 Å². The van der Waals surface area contributed by atoms with E-state index in [0.29, 0.717) is 10.6 Å². The number of rotatable bonds is 5. The zero-order valence-electron chi connectivity index (χ0n) is 14.3. The molecule has 1 aliphatic heterocycles. The number of carbonyl (C=O) groups excluding carboxylic acids is 1. The van der Waals surface area contributed by atoms with Crippen molar-refractivity contribution in [3.05, 3.63) is 59.1 Å². The number of hydrogen-bond acceptors (Lipinski definition) is 5. The van der Waals surface area contributed by atoms with E-state index in [9.17, 15) is 21.6 Å². The van der Waals surface area contributed by atoms with Gasteiger partial charge >= 0.3 is 0 Å². The minimum atomic E-state index is -3.83. The maximum atomic E-state index is 12.4. The lowest BCUT2D eigenvalue weighted by atomic mass is 10.2. The van der Waals surface area contributed by atoms with Crippen molar-refractivity contribution < 1.29 is 21.6 Å². The molecule has 1 amide bonds. The van der Waals surface area contributed by atoms with Crippen LogP contribution in [-0.4, -0.2) is 28.5 Å². The standard InChI is InChI=1S/C17H17ClN2O5S2/c1-12-11-26(22,23)20(17(12)21)14-6-8-15(9-7-14)27(24,25)19-10-13-4-2-3-5-16(13)18/h2-9,12,19H,10-11H2,1H3/t12-/m1/s1. The molecule has 1 fully saturated rings. The summed E-state index contributed by atoms with van der Waals surface area (Å²) in [6.07, 6.45) is 0. The van der Waals surface area contributed by atoms with Crippen molar-refractivity contribution in [1.29, 1.82) is 0 Å². The molecular formula is C17H17ClN2O5S2. The minimum Gasteiger partial charge on any atom is -0.273 e. The van der Waals surface area contributed by atoms with Crippen molar-refractivity contribution in [2.45, 2.75) is 18.4 Å². The largest absolute Gasteiger partial charge is 0.273 e. The van der Waals surface area contributed by atoms with Crippen LogP contribution in [0.3, 0.4) is 0 Å². The summed E-state index contributed by atoms with van der Waals surface area (Å²) in [5.41, 5.74) is 0.747. The third kappa shape index (κ3) is 4.01. The van der Waals surface area contributed by atoms with Crippen molar-refractivity contribution in [3.63, 3.8) is 0 Å². The van der Waals surface area contributed by atoms with Gasteiger partial charge in [-0.25, -0.2) is 25.9 Å². The summed E-state index contributed by atoms with van der Waals surface area (Å²) in [4.78, 5) is 12.1. The maximum absolute atomic E-state index is 12.4. The highest BCUT2D eigenvalue weighted by Gasteiger charge is 2.41. The quantitative estimate of drug-likeness (QED) is 0.786. The molecule has 0 bridgehead atoms. The summed E-state index contributed by atoms with van der Waals surface area (Å²) in [6, 6.07) is 12.0. The van der Waals surface area contributed by atoms with Gasteiger partial charge in [-0.3, -0.25) is 4.79 Å². The fraction of sp³-hybridized carbons (Fsp3) is 0.235. The highest BCUT2D eigenvalue weighted by Crippen LogP contribution is 2.29. The first-order valence-electron chi connectivity index (χ1n) is 8.02. The summed E-state index contributed by atoms with van der Waals surface area (Å²) >= 11 is 6.02. The number of amides is 1. The molecule has 0 unspecified atom stereocenters. The van der Waals surface area contributed by atoms with Crippen LogP contribution < -0.4 is 9.03 Å². The second kappa shape index (κ2) is 7.23. The van der Waals surface area contributed by atoms with Gasteiger partial charge in [0.25, 0.3) is 0 Å². The second-order valence-corrected chi connectivity index (χ2v) is 10.2. The number of anilines is 1. The Hall–Kier alpha value is -1.94.